The predicted molar refractivity (Wildman–Crippen MR) is 47.9 cm³/mol. The zero-order chi connectivity index (χ0) is 9.42. The van der Waals surface area contributed by atoms with Crippen molar-refractivity contribution in [3.8, 4) is 5.75 Å². The molecule has 4 nitrogen and oxygen atoms in total. The van der Waals surface area contributed by atoms with Crippen LogP contribution in [0, 0.1) is 0 Å². The molecule has 1 unspecified atom stereocenters. The summed E-state index contributed by atoms with van der Waals surface area (Å²) in [5.74, 6) is 0.285. The molecule has 1 aromatic rings. The molecule has 0 saturated heterocycles. The number of hydrogen-bond donors (Lipinski definition) is 1. The normalized spacial score (nSPS) is 20.1. The van der Waals surface area contributed by atoms with Crippen molar-refractivity contribution in [1.29, 1.82) is 0 Å². The molecule has 0 bridgehead atoms. The molecule has 0 saturated carbocycles. The summed E-state index contributed by atoms with van der Waals surface area (Å²) >= 11 is 0. The molecule has 1 aromatic carbocycles. The van der Waals surface area contributed by atoms with E-state index < -0.39 is 6.10 Å². The van der Waals surface area contributed by atoms with Gasteiger partial charge in [-0.3, -0.25) is 10.5 Å². The van der Waals surface area contributed by atoms with Gasteiger partial charge in [0.1, 0.15) is 0 Å². The van der Waals surface area contributed by atoms with E-state index >= 15 is 0 Å². The summed E-state index contributed by atoms with van der Waals surface area (Å²) in [6, 6.07) is 5.06. The zero-order valence-electron chi connectivity index (χ0n) is 7.13. The summed E-state index contributed by atoms with van der Waals surface area (Å²) < 4.78 is 5.28. The maximum atomic E-state index is 11.2. The first-order chi connectivity index (χ1) is 6.18. The third kappa shape index (κ3) is 1.20. The Morgan fingerprint density at radius 3 is 3.08 bits per heavy atom. The number of hydrogen-bond acceptors (Lipinski definition) is 2. The predicted octanol–water partition coefficient (Wildman–Crippen LogP) is 1.32. The number of ether oxygens (including phenoxy) is 1. The van der Waals surface area contributed by atoms with Gasteiger partial charge in [-0.25, -0.2) is 0 Å². The van der Waals surface area contributed by atoms with E-state index in [2.05, 4.69) is 5.32 Å². The van der Waals surface area contributed by atoms with E-state index in [9.17, 15) is 4.79 Å². The molecule has 0 aromatic heterocycles. The van der Waals surface area contributed by atoms with Gasteiger partial charge in [0.2, 0.25) is 0 Å². The van der Waals surface area contributed by atoms with Gasteiger partial charge in [0.25, 0.3) is 5.91 Å². The highest BCUT2D eigenvalue weighted by molar-refractivity contribution is 5.98. The highest BCUT2D eigenvalue weighted by atomic mass is 16.5. The molecular weight excluding hydrogens is 168 g/mol. The summed E-state index contributed by atoms with van der Waals surface area (Å²) in [7, 11) is 0. The summed E-state index contributed by atoms with van der Waals surface area (Å²) in [6.45, 7) is 1.66. The van der Waals surface area contributed by atoms with Gasteiger partial charge in [-0.1, -0.05) is 6.07 Å². The molecule has 1 aliphatic heterocycles. The molecule has 0 fully saturated rings. The number of carbonyl (C=O) groups excluding carboxylic acids is 1. The minimum absolute atomic E-state index is 0.168. The Labute approximate surface area is 75.7 Å². The zero-order valence-corrected chi connectivity index (χ0v) is 7.13. The minimum atomic E-state index is -0.515. The first-order valence-electron chi connectivity index (χ1n) is 4.00. The Bertz CT molecular complexity index is 363. The third-order valence-corrected chi connectivity index (χ3v) is 1.94. The Balaban J connectivity index is 2.48. The highest BCUT2D eigenvalue weighted by Gasteiger charge is 2.24. The quantitative estimate of drug-likeness (QED) is 0.649. The average Bonchev–Trinajstić information content (AvgIpc) is 2.09. The smallest absolute Gasteiger partial charge is 0.265 e. The number of fused-ring (bicyclic) bond motifs is 1. The fourth-order valence-corrected chi connectivity index (χ4v) is 1.23. The van der Waals surface area contributed by atoms with Gasteiger partial charge in [-0.2, -0.15) is 0 Å². The second-order valence-corrected chi connectivity index (χ2v) is 2.93. The van der Waals surface area contributed by atoms with E-state index in [1.165, 1.54) is 0 Å². The van der Waals surface area contributed by atoms with Crippen LogP contribution in [-0.4, -0.2) is 12.0 Å². The van der Waals surface area contributed by atoms with Crippen molar-refractivity contribution in [3.05, 3.63) is 18.2 Å². The number of nitrogens with one attached hydrogen (secondary N) is 2. The van der Waals surface area contributed by atoms with Crippen molar-refractivity contribution < 1.29 is 9.53 Å². The minimum Gasteiger partial charge on any atom is -0.476 e. The highest BCUT2D eigenvalue weighted by Crippen LogP contribution is 2.35. The molecule has 0 spiro atoms. The van der Waals surface area contributed by atoms with Crippen LogP contribution in [0.15, 0.2) is 18.2 Å². The average molecular weight is 177 g/mol. The van der Waals surface area contributed by atoms with Crippen molar-refractivity contribution in [2.24, 2.45) is 0 Å². The lowest BCUT2D eigenvalue weighted by Gasteiger charge is -2.23. The van der Waals surface area contributed by atoms with Crippen molar-refractivity contribution in [2.75, 3.05) is 5.32 Å². The van der Waals surface area contributed by atoms with E-state index in [1.807, 2.05) is 0 Å². The molecule has 0 aliphatic carbocycles. The first-order valence-corrected chi connectivity index (χ1v) is 4.00. The molecule has 1 aliphatic rings. The van der Waals surface area contributed by atoms with E-state index in [-0.39, 0.29) is 5.91 Å². The first kappa shape index (κ1) is 7.91. The number of carbonyl (C=O) groups is 1. The van der Waals surface area contributed by atoms with Crippen molar-refractivity contribution in [2.45, 2.75) is 13.0 Å². The van der Waals surface area contributed by atoms with Crippen molar-refractivity contribution in [3.63, 3.8) is 0 Å². The van der Waals surface area contributed by atoms with E-state index in [4.69, 9.17) is 10.5 Å². The Kier molecular flexibility index (Phi) is 1.62. The number of anilines is 1. The maximum Gasteiger partial charge on any atom is 0.265 e. The van der Waals surface area contributed by atoms with Gasteiger partial charge in [0, 0.05) is 0 Å². The molecule has 1 atom stereocenters. The van der Waals surface area contributed by atoms with Gasteiger partial charge in [-0.05, 0) is 19.1 Å². The van der Waals surface area contributed by atoms with Crippen LogP contribution in [0.25, 0.3) is 0 Å². The second-order valence-electron chi connectivity index (χ2n) is 2.93. The third-order valence-electron chi connectivity index (χ3n) is 1.94. The largest absolute Gasteiger partial charge is 0.476 e. The van der Waals surface area contributed by atoms with Gasteiger partial charge in [0.05, 0.1) is 11.4 Å². The molecular formula is C9H9N2O2. The SMILES string of the molecule is CC1Oc2c([NH])cccc2NC1=O. The van der Waals surface area contributed by atoms with E-state index in [1.54, 1.807) is 25.1 Å². The van der Waals surface area contributed by atoms with Crippen LogP contribution < -0.4 is 15.8 Å². The van der Waals surface area contributed by atoms with Crippen molar-refractivity contribution >= 4 is 17.3 Å². The summed E-state index contributed by atoms with van der Waals surface area (Å²) in [5, 5.41) is 2.67. The monoisotopic (exact) mass is 177 g/mol. The summed E-state index contributed by atoms with van der Waals surface area (Å²) in [6.07, 6.45) is -0.515. The van der Waals surface area contributed by atoms with Gasteiger partial charge >= 0.3 is 0 Å². The van der Waals surface area contributed by atoms with Crippen LogP contribution in [0.4, 0.5) is 11.4 Å². The lowest BCUT2D eigenvalue weighted by molar-refractivity contribution is -0.122. The molecule has 67 valence electrons. The Hall–Kier alpha value is -1.71. The topological polar surface area (TPSA) is 62.1 Å². The van der Waals surface area contributed by atoms with Crippen LogP contribution in [-0.2, 0) is 4.79 Å². The van der Waals surface area contributed by atoms with Crippen LogP contribution in [0.5, 0.6) is 5.75 Å². The van der Waals surface area contributed by atoms with Crippen LogP contribution in [0.1, 0.15) is 6.92 Å². The lowest BCUT2D eigenvalue weighted by atomic mass is 10.2. The number of benzene rings is 1. The van der Waals surface area contributed by atoms with E-state index in [0.717, 1.165) is 0 Å². The van der Waals surface area contributed by atoms with Crippen LogP contribution >= 0.6 is 0 Å². The molecule has 2 rings (SSSR count). The molecule has 1 heterocycles. The summed E-state index contributed by atoms with van der Waals surface area (Å²) in [5.41, 5.74) is 8.40. The van der Waals surface area contributed by atoms with Gasteiger partial charge < -0.3 is 10.1 Å². The van der Waals surface area contributed by atoms with Crippen molar-refractivity contribution in [1.82, 2.24) is 5.73 Å². The van der Waals surface area contributed by atoms with Crippen LogP contribution in [0.3, 0.4) is 0 Å². The molecule has 1 radical (unpaired) electrons. The Morgan fingerprint density at radius 2 is 2.31 bits per heavy atom. The Morgan fingerprint density at radius 1 is 1.54 bits per heavy atom. The lowest BCUT2D eigenvalue weighted by Crippen LogP contribution is -2.34. The standard InChI is InChI=1S/C9H9N2O2/c1-5-9(12)11-7-4-2-3-6(10)8(7)13-5/h2-5,10H,1H3,(H,11,12). The van der Waals surface area contributed by atoms with Gasteiger partial charge in [-0.15, -0.1) is 0 Å². The van der Waals surface area contributed by atoms with Crippen LogP contribution in [0.2, 0.25) is 0 Å². The summed E-state index contributed by atoms with van der Waals surface area (Å²) in [4.78, 5) is 11.2. The molecule has 1 amide bonds. The molecule has 13 heavy (non-hydrogen) atoms. The number of amides is 1. The van der Waals surface area contributed by atoms with Gasteiger partial charge in [0.15, 0.2) is 11.9 Å². The number of para-hydroxylation sites is 1. The second kappa shape index (κ2) is 2.65. The number of rotatable bonds is 0. The molecule has 4 heteroatoms. The fraction of sp³-hybridized carbons (Fsp3) is 0.222. The maximum absolute atomic E-state index is 11.2. The van der Waals surface area contributed by atoms with E-state index in [0.29, 0.717) is 17.1 Å². The fourth-order valence-electron chi connectivity index (χ4n) is 1.23. The molecule has 2 N–H and O–H groups in total.